The van der Waals surface area contributed by atoms with Crippen molar-refractivity contribution in [2.45, 2.75) is 124 Å². The first-order chi connectivity index (χ1) is 20.4. The zero-order valence-corrected chi connectivity index (χ0v) is 27.4. The molecule has 2 saturated carbocycles. The lowest BCUT2D eigenvalue weighted by molar-refractivity contribution is 0.221. The van der Waals surface area contributed by atoms with Gasteiger partial charge in [0, 0.05) is 11.7 Å². The normalized spacial score (nSPS) is 32.1. The van der Waals surface area contributed by atoms with E-state index in [2.05, 4.69) is 101 Å². The van der Waals surface area contributed by atoms with Gasteiger partial charge in [0.15, 0.2) is 0 Å². The van der Waals surface area contributed by atoms with Crippen molar-refractivity contribution in [3.05, 3.63) is 106 Å². The van der Waals surface area contributed by atoms with Gasteiger partial charge in [-0.2, -0.15) is 0 Å². The Balaban J connectivity index is 1.64. The molecule has 2 unspecified atom stereocenters. The molecular formula is C41H57N. The average Bonchev–Trinajstić information content (AvgIpc) is 3.11. The number of allylic oxidation sites excluding steroid dienone is 9. The quantitative estimate of drug-likeness (QED) is 0.224. The summed E-state index contributed by atoms with van der Waals surface area (Å²) in [6.45, 7) is 16.5. The van der Waals surface area contributed by atoms with Crippen LogP contribution in [0.5, 0.6) is 0 Å². The molecule has 0 amide bonds. The Bertz CT molecular complexity index is 1240. The molecule has 1 aromatic carbocycles. The van der Waals surface area contributed by atoms with Gasteiger partial charge in [-0.1, -0.05) is 98.5 Å². The second-order valence-corrected chi connectivity index (χ2v) is 14.1. The van der Waals surface area contributed by atoms with E-state index in [9.17, 15) is 0 Å². The number of benzene rings is 1. The molecule has 1 aromatic rings. The molecule has 2 fully saturated rings. The first-order valence-corrected chi connectivity index (χ1v) is 17.4. The van der Waals surface area contributed by atoms with Crippen LogP contribution in [0.4, 0.5) is 0 Å². The summed E-state index contributed by atoms with van der Waals surface area (Å²) in [7, 11) is 0. The van der Waals surface area contributed by atoms with Crippen LogP contribution in [0.15, 0.2) is 100 Å². The van der Waals surface area contributed by atoms with Gasteiger partial charge in [-0.05, 0) is 131 Å². The van der Waals surface area contributed by atoms with Crippen LogP contribution in [0.25, 0.3) is 0 Å². The molecular weight excluding hydrogens is 506 g/mol. The minimum Gasteiger partial charge on any atom is -0.341 e. The number of nitrogens with zero attached hydrogens (tertiary/aromatic N) is 1. The van der Waals surface area contributed by atoms with Crippen molar-refractivity contribution in [2.75, 3.05) is 0 Å². The van der Waals surface area contributed by atoms with Gasteiger partial charge in [0.25, 0.3) is 0 Å². The van der Waals surface area contributed by atoms with Gasteiger partial charge in [0.1, 0.15) is 0 Å². The number of rotatable bonds is 8. The van der Waals surface area contributed by atoms with Gasteiger partial charge in [-0.25, -0.2) is 0 Å². The van der Waals surface area contributed by atoms with Gasteiger partial charge < -0.3 is 4.90 Å². The number of hydrogen-bond donors (Lipinski definition) is 0. The van der Waals surface area contributed by atoms with Crippen molar-refractivity contribution in [3.8, 4) is 0 Å². The van der Waals surface area contributed by atoms with Gasteiger partial charge in [0.2, 0.25) is 0 Å². The molecule has 5 rings (SSSR count). The third kappa shape index (κ3) is 6.82. The van der Waals surface area contributed by atoms with Gasteiger partial charge in [0.05, 0.1) is 5.70 Å². The van der Waals surface area contributed by atoms with Gasteiger partial charge in [-0.3, -0.25) is 0 Å². The lowest BCUT2D eigenvalue weighted by Gasteiger charge is -2.48. The second-order valence-electron chi connectivity index (χ2n) is 14.1. The average molecular weight is 564 g/mol. The van der Waals surface area contributed by atoms with Crippen molar-refractivity contribution in [3.63, 3.8) is 0 Å². The van der Waals surface area contributed by atoms with Gasteiger partial charge >= 0.3 is 0 Å². The maximum absolute atomic E-state index is 4.45. The Morgan fingerprint density at radius 1 is 0.976 bits per heavy atom. The predicted molar refractivity (Wildman–Crippen MR) is 182 cm³/mol. The van der Waals surface area contributed by atoms with Crippen LogP contribution in [0, 0.1) is 23.7 Å². The zero-order chi connectivity index (χ0) is 29.6. The first kappa shape index (κ1) is 30.9. The van der Waals surface area contributed by atoms with Crippen LogP contribution in [-0.2, 0) is 6.42 Å². The summed E-state index contributed by atoms with van der Waals surface area (Å²) < 4.78 is 0. The summed E-state index contributed by atoms with van der Waals surface area (Å²) in [6.07, 6.45) is 26.0. The van der Waals surface area contributed by atoms with E-state index in [0.29, 0.717) is 29.7 Å². The highest BCUT2D eigenvalue weighted by Crippen LogP contribution is 2.50. The Morgan fingerprint density at radius 3 is 2.43 bits per heavy atom. The van der Waals surface area contributed by atoms with Crippen molar-refractivity contribution >= 4 is 0 Å². The second kappa shape index (κ2) is 14.3. The summed E-state index contributed by atoms with van der Waals surface area (Å²) in [4.78, 5) is 2.97. The lowest BCUT2D eigenvalue weighted by atomic mass is 9.76. The molecule has 226 valence electrons. The standard InChI is InChI=1S/C41H57N/c1-7-10-12-20-38-31(6)22-21-29(4)25-39-34(9-3)28-40(35-18-15-19-35)42(41(38)39)37-24-30(5)23-36(33(8-2)27-37)26-32-16-13-11-14-17-32/h8,11-14,16-17,20,25,30,33-34,36-37H,2,7,9-10,15,18-19,21-24,26-28H2,1,3-6H3/b20-12-,29-25+,38-31-/t30-,33-,34?,36?,37+/m0/s1. The molecule has 0 aromatic heterocycles. The summed E-state index contributed by atoms with van der Waals surface area (Å²) in [5, 5.41) is 0. The molecule has 4 aliphatic rings. The van der Waals surface area contributed by atoms with E-state index in [-0.39, 0.29) is 0 Å². The minimum atomic E-state index is 0.519. The summed E-state index contributed by atoms with van der Waals surface area (Å²) in [5.41, 5.74) is 12.8. The van der Waals surface area contributed by atoms with E-state index in [1.54, 1.807) is 33.7 Å². The van der Waals surface area contributed by atoms with E-state index >= 15 is 0 Å². The topological polar surface area (TPSA) is 3.24 Å². The Labute approximate surface area is 258 Å². The van der Waals surface area contributed by atoms with Crippen LogP contribution < -0.4 is 0 Å². The molecule has 42 heavy (non-hydrogen) atoms. The smallest absolute Gasteiger partial charge is 0.0519 e. The third-order valence-electron chi connectivity index (χ3n) is 10.8. The largest absolute Gasteiger partial charge is 0.341 e. The highest BCUT2D eigenvalue weighted by atomic mass is 15.2. The number of hydrogen-bond acceptors (Lipinski definition) is 1. The maximum atomic E-state index is 4.45. The molecule has 1 aliphatic heterocycles. The van der Waals surface area contributed by atoms with E-state index in [0.717, 1.165) is 12.8 Å². The highest BCUT2D eigenvalue weighted by Gasteiger charge is 2.41. The SMILES string of the molecule is C=C[C@H]1C[C@H](N2C(=C3CCC3)CC(CC)C3=C2C(/C=C\CCC)=C(/C)CC/C(C)=C/3)C[C@@H](C)CC1Cc1ccccc1. The number of unbranched alkanes of at least 4 members (excludes halogenated alkanes) is 1. The molecule has 1 heterocycles. The van der Waals surface area contributed by atoms with Crippen LogP contribution in [0.3, 0.4) is 0 Å². The van der Waals surface area contributed by atoms with Crippen LogP contribution in [0.2, 0.25) is 0 Å². The molecule has 1 heteroatoms. The lowest BCUT2D eigenvalue weighted by Crippen LogP contribution is -2.42. The summed E-state index contributed by atoms with van der Waals surface area (Å²) in [6, 6.07) is 11.7. The summed E-state index contributed by atoms with van der Waals surface area (Å²) in [5.74, 6) is 2.51. The minimum absolute atomic E-state index is 0.519. The Kier molecular flexibility index (Phi) is 10.5. The maximum Gasteiger partial charge on any atom is 0.0519 e. The van der Waals surface area contributed by atoms with Crippen molar-refractivity contribution in [1.82, 2.24) is 4.90 Å². The Morgan fingerprint density at radius 2 is 1.76 bits per heavy atom. The van der Waals surface area contributed by atoms with E-state index in [1.807, 2.05) is 0 Å². The van der Waals surface area contributed by atoms with E-state index in [1.165, 1.54) is 81.8 Å². The molecule has 0 N–H and O–H groups in total. The molecule has 0 spiro atoms. The fourth-order valence-electron chi connectivity index (χ4n) is 8.26. The van der Waals surface area contributed by atoms with Crippen LogP contribution in [0.1, 0.15) is 117 Å². The fourth-order valence-corrected chi connectivity index (χ4v) is 8.26. The van der Waals surface area contributed by atoms with E-state index in [4.69, 9.17) is 0 Å². The molecule has 1 nitrogen and oxygen atoms in total. The molecule has 0 radical (unpaired) electrons. The monoisotopic (exact) mass is 563 g/mol. The molecule has 3 aliphatic carbocycles. The van der Waals surface area contributed by atoms with Gasteiger partial charge in [-0.15, -0.1) is 6.58 Å². The molecule has 0 bridgehead atoms. The molecule has 5 atom stereocenters. The van der Waals surface area contributed by atoms with Crippen molar-refractivity contribution < 1.29 is 0 Å². The predicted octanol–water partition coefficient (Wildman–Crippen LogP) is 11.7. The Hall–Kier alpha value is -2.54. The van der Waals surface area contributed by atoms with Crippen LogP contribution in [-0.4, -0.2) is 10.9 Å². The zero-order valence-electron chi connectivity index (χ0n) is 27.4. The third-order valence-corrected chi connectivity index (χ3v) is 10.8. The highest BCUT2D eigenvalue weighted by molar-refractivity contribution is 5.54. The fraction of sp³-hybridized carbons (Fsp3) is 0.561. The first-order valence-electron chi connectivity index (χ1n) is 17.4. The van der Waals surface area contributed by atoms with Crippen LogP contribution >= 0.6 is 0 Å². The summed E-state index contributed by atoms with van der Waals surface area (Å²) >= 11 is 0. The van der Waals surface area contributed by atoms with E-state index < -0.39 is 0 Å². The molecule has 0 saturated heterocycles. The van der Waals surface area contributed by atoms with Crippen molar-refractivity contribution in [2.24, 2.45) is 23.7 Å². The van der Waals surface area contributed by atoms with Crippen molar-refractivity contribution in [1.29, 1.82) is 0 Å².